The van der Waals surface area contributed by atoms with Crippen LogP contribution in [0.25, 0.3) is 0 Å². The van der Waals surface area contributed by atoms with Gasteiger partial charge in [-0.3, -0.25) is 4.79 Å². The van der Waals surface area contributed by atoms with Crippen molar-refractivity contribution in [2.45, 2.75) is 44.1 Å². The van der Waals surface area contributed by atoms with Crippen molar-refractivity contribution in [2.24, 2.45) is 0 Å². The van der Waals surface area contributed by atoms with E-state index in [9.17, 15) is 9.90 Å². The summed E-state index contributed by atoms with van der Waals surface area (Å²) in [5, 5.41) is 9.64. The number of benzene rings is 1. The lowest BCUT2D eigenvalue weighted by Crippen LogP contribution is -2.30. The molecule has 26 heavy (non-hydrogen) atoms. The first kappa shape index (κ1) is 17.0. The molecule has 1 fully saturated rings. The number of ether oxygens (including phenoxy) is 1. The molecule has 2 aromatic rings. The maximum atomic E-state index is 13.1. The molecule has 0 spiro atoms. The van der Waals surface area contributed by atoms with Crippen molar-refractivity contribution >= 4 is 11.6 Å². The summed E-state index contributed by atoms with van der Waals surface area (Å²) in [6.07, 6.45) is 7.60. The molecule has 1 amide bonds. The average Bonchev–Trinajstić information content (AvgIpc) is 3.07. The normalized spacial score (nSPS) is 20.0. The lowest BCUT2D eigenvalue weighted by atomic mass is 9.98. The van der Waals surface area contributed by atoms with Gasteiger partial charge in [0, 0.05) is 36.0 Å². The van der Waals surface area contributed by atoms with E-state index in [4.69, 9.17) is 4.74 Å². The van der Waals surface area contributed by atoms with Crippen molar-refractivity contribution < 1.29 is 14.6 Å². The van der Waals surface area contributed by atoms with E-state index < -0.39 is 0 Å². The van der Waals surface area contributed by atoms with Crippen LogP contribution in [0.1, 0.15) is 53.9 Å². The number of para-hydroxylation sites is 1. The Bertz CT molecular complexity index is 786. The van der Waals surface area contributed by atoms with Crippen molar-refractivity contribution in [3.05, 3.63) is 53.7 Å². The standard InChI is InChI=1S/C21H24N2O3/c24-14-16-13-23(19-9-5-4-8-18(16)19)21(25)15-10-11-22-20(12-15)26-17-6-2-1-3-7-17/h4-5,8-12,16-17,24H,1-3,6-7,13-14H2. The number of aliphatic hydroxyl groups excluding tert-OH is 1. The number of hydrogen-bond acceptors (Lipinski definition) is 4. The van der Waals surface area contributed by atoms with E-state index in [2.05, 4.69) is 4.98 Å². The first-order chi connectivity index (χ1) is 12.8. The zero-order valence-corrected chi connectivity index (χ0v) is 14.8. The molecule has 136 valence electrons. The number of carbonyl (C=O) groups excluding carboxylic acids is 1. The van der Waals surface area contributed by atoms with Crippen LogP contribution in [0, 0.1) is 0 Å². The molecule has 1 aromatic carbocycles. The summed E-state index contributed by atoms with van der Waals surface area (Å²) in [5.74, 6) is 0.410. The number of hydrogen-bond donors (Lipinski definition) is 1. The van der Waals surface area contributed by atoms with Crippen LogP contribution in [0.3, 0.4) is 0 Å². The van der Waals surface area contributed by atoms with Crippen molar-refractivity contribution in [3.63, 3.8) is 0 Å². The summed E-state index contributed by atoms with van der Waals surface area (Å²) < 4.78 is 6.00. The molecule has 1 aromatic heterocycles. The fourth-order valence-corrected chi connectivity index (χ4v) is 3.96. The number of aliphatic hydroxyl groups is 1. The van der Waals surface area contributed by atoms with Gasteiger partial charge in [0.15, 0.2) is 0 Å². The van der Waals surface area contributed by atoms with Crippen molar-refractivity contribution in [3.8, 4) is 5.88 Å². The van der Waals surface area contributed by atoms with Gasteiger partial charge in [-0.2, -0.15) is 0 Å². The number of pyridine rings is 1. The lowest BCUT2D eigenvalue weighted by Gasteiger charge is -2.23. The summed E-state index contributed by atoms with van der Waals surface area (Å²) in [7, 11) is 0. The maximum Gasteiger partial charge on any atom is 0.258 e. The molecule has 2 heterocycles. The number of amides is 1. The van der Waals surface area contributed by atoms with Crippen molar-refractivity contribution in [1.29, 1.82) is 0 Å². The molecule has 0 saturated heterocycles. The van der Waals surface area contributed by atoms with E-state index in [0.29, 0.717) is 18.0 Å². The van der Waals surface area contributed by atoms with E-state index in [-0.39, 0.29) is 24.5 Å². The summed E-state index contributed by atoms with van der Waals surface area (Å²) in [6, 6.07) is 11.2. The third-order valence-corrected chi connectivity index (χ3v) is 5.36. The van der Waals surface area contributed by atoms with Gasteiger partial charge in [0.05, 0.1) is 6.61 Å². The minimum absolute atomic E-state index is 0.0325. The van der Waals surface area contributed by atoms with Crippen LogP contribution >= 0.6 is 0 Å². The molecule has 0 bridgehead atoms. The van der Waals surface area contributed by atoms with Gasteiger partial charge in [0.25, 0.3) is 5.91 Å². The van der Waals surface area contributed by atoms with E-state index >= 15 is 0 Å². The zero-order valence-electron chi connectivity index (χ0n) is 14.8. The predicted molar refractivity (Wildman–Crippen MR) is 99.7 cm³/mol. The Morgan fingerprint density at radius 1 is 1.19 bits per heavy atom. The van der Waals surface area contributed by atoms with Crippen molar-refractivity contribution in [1.82, 2.24) is 4.98 Å². The number of aromatic nitrogens is 1. The van der Waals surface area contributed by atoms with E-state index in [0.717, 1.165) is 24.1 Å². The van der Waals surface area contributed by atoms with Gasteiger partial charge in [0.2, 0.25) is 5.88 Å². The number of fused-ring (bicyclic) bond motifs is 1. The fraction of sp³-hybridized carbons (Fsp3) is 0.429. The highest BCUT2D eigenvalue weighted by Gasteiger charge is 2.32. The van der Waals surface area contributed by atoms with Gasteiger partial charge >= 0.3 is 0 Å². The largest absolute Gasteiger partial charge is 0.474 e. The molecule has 2 aliphatic rings. The molecule has 1 saturated carbocycles. The number of nitrogens with zero attached hydrogens (tertiary/aromatic N) is 2. The molecule has 1 N–H and O–H groups in total. The first-order valence-electron chi connectivity index (χ1n) is 9.40. The Balaban J connectivity index is 1.54. The van der Waals surface area contributed by atoms with Crippen LogP contribution in [0.5, 0.6) is 5.88 Å². The molecule has 4 rings (SSSR count). The molecular formula is C21H24N2O3. The summed E-state index contributed by atoms with van der Waals surface area (Å²) in [5.41, 5.74) is 2.47. The predicted octanol–water partition coefficient (Wildman–Crippen LogP) is 3.53. The van der Waals surface area contributed by atoms with Gasteiger partial charge in [0.1, 0.15) is 6.10 Å². The van der Waals surface area contributed by atoms with Crippen LogP contribution in [-0.2, 0) is 0 Å². The van der Waals surface area contributed by atoms with Crippen LogP contribution in [0.2, 0.25) is 0 Å². The summed E-state index contributed by atoms with van der Waals surface area (Å²) in [4.78, 5) is 19.1. The Hall–Kier alpha value is -2.40. The van der Waals surface area contributed by atoms with Crippen LogP contribution < -0.4 is 9.64 Å². The van der Waals surface area contributed by atoms with Gasteiger partial charge in [-0.15, -0.1) is 0 Å². The van der Waals surface area contributed by atoms with Crippen LogP contribution in [0.4, 0.5) is 5.69 Å². The zero-order chi connectivity index (χ0) is 17.9. The minimum atomic E-state index is -0.0794. The van der Waals surface area contributed by atoms with Gasteiger partial charge in [-0.1, -0.05) is 24.6 Å². The number of carbonyl (C=O) groups is 1. The van der Waals surface area contributed by atoms with Crippen LogP contribution in [0.15, 0.2) is 42.6 Å². The van der Waals surface area contributed by atoms with Gasteiger partial charge in [-0.25, -0.2) is 4.98 Å². The second-order valence-electron chi connectivity index (χ2n) is 7.11. The van der Waals surface area contributed by atoms with Crippen LogP contribution in [-0.4, -0.2) is 35.3 Å². The third kappa shape index (κ3) is 3.31. The quantitative estimate of drug-likeness (QED) is 0.914. The first-order valence-corrected chi connectivity index (χ1v) is 9.40. The minimum Gasteiger partial charge on any atom is -0.474 e. The Kier molecular flexibility index (Phi) is 4.89. The number of anilines is 1. The summed E-state index contributed by atoms with van der Waals surface area (Å²) in [6.45, 7) is 0.531. The van der Waals surface area contributed by atoms with E-state index in [1.54, 1.807) is 23.2 Å². The molecule has 0 radical (unpaired) electrons. The summed E-state index contributed by atoms with van der Waals surface area (Å²) >= 11 is 0. The highest BCUT2D eigenvalue weighted by atomic mass is 16.5. The Labute approximate surface area is 153 Å². The third-order valence-electron chi connectivity index (χ3n) is 5.36. The molecule has 1 aliphatic heterocycles. The molecule has 1 unspecified atom stereocenters. The molecular weight excluding hydrogens is 328 g/mol. The van der Waals surface area contributed by atoms with Crippen molar-refractivity contribution in [2.75, 3.05) is 18.1 Å². The smallest absolute Gasteiger partial charge is 0.258 e. The monoisotopic (exact) mass is 352 g/mol. The fourth-order valence-electron chi connectivity index (χ4n) is 3.96. The van der Waals surface area contributed by atoms with E-state index in [1.807, 2.05) is 24.3 Å². The SMILES string of the molecule is O=C(c1ccnc(OC2CCCCC2)c1)N1CC(CO)c2ccccc21. The van der Waals surface area contributed by atoms with Gasteiger partial charge < -0.3 is 14.7 Å². The Morgan fingerprint density at radius 3 is 2.81 bits per heavy atom. The lowest BCUT2D eigenvalue weighted by molar-refractivity contribution is 0.0984. The highest BCUT2D eigenvalue weighted by molar-refractivity contribution is 6.07. The average molecular weight is 352 g/mol. The molecule has 5 heteroatoms. The topological polar surface area (TPSA) is 62.7 Å². The molecule has 5 nitrogen and oxygen atoms in total. The van der Waals surface area contributed by atoms with Gasteiger partial charge in [-0.05, 0) is 43.4 Å². The maximum absolute atomic E-state index is 13.1. The van der Waals surface area contributed by atoms with E-state index in [1.165, 1.54) is 19.3 Å². The molecule has 1 atom stereocenters. The Morgan fingerprint density at radius 2 is 2.00 bits per heavy atom. The number of rotatable bonds is 4. The molecule has 1 aliphatic carbocycles. The second-order valence-corrected chi connectivity index (χ2v) is 7.11. The highest BCUT2D eigenvalue weighted by Crippen LogP contribution is 2.36. The second kappa shape index (κ2) is 7.46.